The van der Waals surface area contributed by atoms with Crippen LogP contribution in [0.3, 0.4) is 0 Å². The van der Waals surface area contributed by atoms with E-state index in [9.17, 15) is 4.79 Å². The van der Waals surface area contributed by atoms with Crippen molar-refractivity contribution in [2.45, 2.75) is 20.8 Å². The molecule has 1 saturated heterocycles. The van der Waals surface area contributed by atoms with Crippen molar-refractivity contribution in [3.8, 4) is 0 Å². The lowest BCUT2D eigenvalue weighted by molar-refractivity contribution is -0.130. The van der Waals surface area contributed by atoms with Gasteiger partial charge < -0.3 is 9.64 Å². The highest BCUT2D eigenvalue weighted by Gasteiger charge is 2.19. The third-order valence-corrected chi connectivity index (χ3v) is 2.93. The van der Waals surface area contributed by atoms with Crippen LogP contribution in [0.15, 0.2) is 35.5 Å². The standard InChI is InChI=1S/C14H21NO2/c1-5-11(2)10-12(3)13(4)14(16)15-6-8-17-9-7-15/h5,10H,4,6-9H2,1-3H3/b11-5-,12-10-. The maximum Gasteiger partial charge on any atom is 0.253 e. The number of carbonyl (C=O) groups is 1. The largest absolute Gasteiger partial charge is 0.378 e. The summed E-state index contributed by atoms with van der Waals surface area (Å²) in [4.78, 5) is 13.9. The normalized spacial score (nSPS) is 18.2. The monoisotopic (exact) mass is 235 g/mol. The molecule has 1 amide bonds. The van der Waals surface area contributed by atoms with E-state index in [0.717, 1.165) is 11.1 Å². The smallest absolute Gasteiger partial charge is 0.253 e. The Morgan fingerprint density at radius 2 is 1.88 bits per heavy atom. The van der Waals surface area contributed by atoms with Gasteiger partial charge >= 0.3 is 0 Å². The molecule has 0 unspecified atom stereocenters. The van der Waals surface area contributed by atoms with Crippen LogP contribution in [0.2, 0.25) is 0 Å². The Bertz CT molecular complexity index is 360. The molecule has 0 aromatic carbocycles. The Kier molecular flexibility index (Phi) is 5.16. The van der Waals surface area contributed by atoms with Gasteiger partial charge in [-0.1, -0.05) is 24.3 Å². The number of hydrogen-bond acceptors (Lipinski definition) is 2. The maximum absolute atomic E-state index is 12.1. The summed E-state index contributed by atoms with van der Waals surface area (Å²) in [6.07, 6.45) is 4.00. The zero-order valence-corrected chi connectivity index (χ0v) is 11.0. The summed E-state index contributed by atoms with van der Waals surface area (Å²) in [6, 6.07) is 0. The lowest BCUT2D eigenvalue weighted by Gasteiger charge is -2.27. The minimum absolute atomic E-state index is 0.0194. The van der Waals surface area contributed by atoms with E-state index >= 15 is 0 Å². The molecule has 0 bridgehead atoms. The molecule has 0 aromatic heterocycles. The topological polar surface area (TPSA) is 29.5 Å². The fourth-order valence-corrected chi connectivity index (χ4v) is 1.64. The highest BCUT2D eigenvalue weighted by molar-refractivity contribution is 5.97. The van der Waals surface area contributed by atoms with Gasteiger partial charge in [-0.05, 0) is 26.3 Å². The Morgan fingerprint density at radius 1 is 1.29 bits per heavy atom. The van der Waals surface area contributed by atoms with Gasteiger partial charge in [-0.25, -0.2) is 0 Å². The van der Waals surface area contributed by atoms with Crippen LogP contribution in [0.4, 0.5) is 0 Å². The molecule has 17 heavy (non-hydrogen) atoms. The first-order valence-corrected chi connectivity index (χ1v) is 5.93. The van der Waals surface area contributed by atoms with Crippen molar-refractivity contribution in [3.63, 3.8) is 0 Å². The number of rotatable bonds is 3. The van der Waals surface area contributed by atoms with E-state index in [1.165, 1.54) is 0 Å². The van der Waals surface area contributed by atoms with Crippen LogP contribution in [0.5, 0.6) is 0 Å². The van der Waals surface area contributed by atoms with E-state index in [-0.39, 0.29) is 5.91 Å². The van der Waals surface area contributed by atoms with Crippen molar-refractivity contribution in [2.24, 2.45) is 0 Å². The molecule has 0 aliphatic carbocycles. The quantitative estimate of drug-likeness (QED) is 0.555. The molecule has 3 heteroatoms. The summed E-state index contributed by atoms with van der Waals surface area (Å²) in [5.74, 6) is 0.0194. The summed E-state index contributed by atoms with van der Waals surface area (Å²) < 4.78 is 5.22. The van der Waals surface area contributed by atoms with Crippen LogP contribution >= 0.6 is 0 Å². The molecule has 0 aromatic rings. The van der Waals surface area contributed by atoms with Crippen LogP contribution < -0.4 is 0 Å². The number of allylic oxidation sites excluding steroid dienone is 3. The van der Waals surface area contributed by atoms with Gasteiger partial charge in [0, 0.05) is 18.7 Å². The predicted octanol–water partition coefficient (Wildman–Crippen LogP) is 2.31. The Morgan fingerprint density at radius 3 is 2.41 bits per heavy atom. The summed E-state index contributed by atoms with van der Waals surface area (Å²) in [5.41, 5.74) is 2.64. The van der Waals surface area contributed by atoms with Crippen LogP contribution in [0.1, 0.15) is 20.8 Å². The van der Waals surface area contributed by atoms with E-state index in [1.54, 1.807) is 4.90 Å². The first kappa shape index (κ1) is 13.7. The van der Waals surface area contributed by atoms with Gasteiger partial charge in [0.2, 0.25) is 0 Å². The zero-order valence-electron chi connectivity index (χ0n) is 11.0. The summed E-state index contributed by atoms with van der Waals surface area (Å²) in [5, 5.41) is 0. The molecule has 1 rings (SSSR count). The third-order valence-electron chi connectivity index (χ3n) is 2.93. The molecule has 1 fully saturated rings. The second kappa shape index (κ2) is 6.40. The van der Waals surface area contributed by atoms with Crippen LogP contribution in [-0.2, 0) is 9.53 Å². The average Bonchev–Trinajstić information content (AvgIpc) is 2.37. The molecule has 3 nitrogen and oxygen atoms in total. The van der Waals surface area contributed by atoms with Crippen molar-refractivity contribution < 1.29 is 9.53 Å². The number of ether oxygens (including phenoxy) is 1. The highest BCUT2D eigenvalue weighted by Crippen LogP contribution is 2.14. The molecule has 0 atom stereocenters. The van der Waals surface area contributed by atoms with Gasteiger partial charge in [-0.2, -0.15) is 0 Å². The van der Waals surface area contributed by atoms with E-state index < -0.39 is 0 Å². The predicted molar refractivity (Wildman–Crippen MR) is 69.7 cm³/mol. The summed E-state index contributed by atoms with van der Waals surface area (Å²) in [6.45, 7) is 12.4. The molecule has 94 valence electrons. The summed E-state index contributed by atoms with van der Waals surface area (Å²) >= 11 is 0. The number of carbonyl (C=O) groups excluding carboxylic acids is 1. The fraction of sp³-hybridized carbons (Fsp3) is 0.500. The molecular weight excluding hydrogens is 214 g/mol. The second-order valence-electron chi connectivity index (χ2n) is 4.24. The number of morpholine rings is 1. The van der Waals surface area contributed by atoms with Gasteiger partial charge in [0.1, 0.15) is 0 Å². The molecule has 0 N–H and O–H groups in total. The minimum atomic E-state index is 0.0194. The maximum atomic E-state index is 12.1. The van der Waals surface area contributed by atoms with Crippen LogP contribution in [0.25, 0.3) is 0 Å². The van der Waals surface area contributed by atoms with Crippen molar-refractivity contribution in [2.75, 3.05) is 26.3 Å². The van der Waals surface area contributed by atoms with Gasteiger partial charge in [-0.3, -0.25) is 4.79 Å². The van der Waals surface area contributed by atoms with Gasteiger partial charge in [0.15, 0.2) is 0 Å². The number of amides is 1. The van der Waals surface area contributed by atoms with Gasteiger partial charge in [0.25, 0.3) is 5.91 Å². The van der Waals surface area contributed by atoms with Gasteiger partial charge in [-0.15, -0.1) is 0 Å². The molecule has 1 aliphatic rings. The highest BCUT2D eigenvalue weighted by atomic mass is 16.5. The molecule has 0 spiro atoms. The van der Waals surface area contributed by atoms with Gasteiger partial charge in [0.05, 0.1) is 13.2 Å². The Balaban J connectivity index is 2.68. The summed E-state index contributed by atoms with van der Waals surface area (Å²) in [7, 11) is 0. The van der Waals surface area contributed by atoms with E-state index in [2.05, 4.69) is 6.58 Å². The second-order valence-corrected chi connectivity index (χ2v) is 4.24. The molecule has 1 aliphatic heterocycles. The van der Waals surface area contributed by atoms with E-state index in [4.69, 9.17) is 4.74 Å². The lowest BCUT2D eigenvalue weighted by Crippen LogP contribution is -2.41. The number of hydrogen-bond donors (Lipinski definition) is 0. The van der Waals surface area contributed by atoms with Crippen LogP contribution in [-0.4, -0.2) is 37.1 Å². The Labute approximate surface area is 103 Å². The van der Waals surface area contributed by atoms with Crippen molar-refractivity contribution in [3.05, 3.63) is 35.5 Å². The zero-order chi connectivity index (χ0) is 12.8. The van der Waals surface area contributed by atoms with Crippen molar-refractivity contribution >= 4 is 5.91 Å². The van der Waals surface area contributed by atoms with Crippen molar-refractivity contribution in [1.29, 1.82) is 0 Å². The lowest BCUT2D eigenvalue weighted by atomic mass is 10.1. The molecule has 1 heterocycles. The Hall–Kier alpha value is -1.35. The fourth-order valence-electron chi connectivity index (χ4n) is 1.64. The third kappa shape index (κ3) is 3.86. The molecular formula is C14H21NO2. The SMILES string of the molecule is C=C(C(=O)N1CCOCC1)/C(C)=C\C(C)=C/C. The first-order chi connectivity index (χ1) is 8.06. The number of nitrogens with zero attached hydrogens (tertiary/aromatic N) is 1. The van der Waals surface area contributed by atoms with Crippen molar-refractivity contribution in [1.82, 2.24) is 4.90 Å². The average molecular weight is 235 g/mol. The van der Waals surface area contributed by atoms with E-state index in [0.29, 0.717) is 31.9 Å². The van der Waals surface area contributed by atoms with Crippen LogP contribution in [0, 0.1) is 0 Å². The minimum Gasteiger partial charge on any atom is -0.378 e. The molecule has 0 saturated carbocycles. The first-order valence-electron chi connectivity index (χ1n) is 5.93. The van der Waals surface area contributed by atoms with E-state index in [1.807, 2.05) is 32.9 Å². The molecule has 0 radical (unpaired) electrons.